The van der Waals surface area contributed by atoms with Crippen molar-refractivity contribution in [3.63, 3.8) is 0 Å². The minimum Gasteiger partial charge on any atom is -0.326 e. The SMILES string of the molecule is Cc1cc(Br)ccc1NC(=O)[C@H]1CCCN(C(=O)Nc2ccccc2)C1. The maximum Gasteiger partial charge on any atom is 0.321 e. The van der Waals surface area contributed by atoms with Gasteiger partial charge in [0.2, 0.25) is 5.91 Å². The van der Waals surface area contributed by atoms with Gasteiger partial charge in [-0.2, -0.15) is 0 Å². The van der Waals surface area contributed by atoms with E-state index in [1.54, 1.807) is 4.90 Å². The molecular weight excluding hydrogens is 394 g/mol. The topological polar surface area (TPSA) is 61.4 Å². The van der Waals surface area contributed by atoms with E-state index in [2.05, 4.69) is 26.6 Å². The van der Waals surface area contributed by atoms with E-state index in [1.807, 2.05) is 55.5 Å². The summed E-state index contributed by atoms with van der Waals surface area (Å²) in [6.07, 6.45) is 1.61. The number of carbonyl (C=O) groups is 2. The van der Waals surface area contributed by atoms with E-state index in [0.29, 0.717) is 13.1 Å². The van der Waals surface area contributed by atoms with Crippen LogP contribution in [-0.2, 0) is 4.79 Å². The van der Waals surface area contributed by atoms with Gasteiger partial charge in [-0.15, -0.1) is 0 Å². The van der Waals surface area contributed by atoms with Crippen LogP contribution < -0.4 is 10.6 Å². The minimum absolute atomic E-state index is 0.0346. The van der Waals surface area contributed by atoms with Crippen LogP contribution in [0, 0.1) is 12.8 Å². The number of urea groups is 1. The lowest BCUT2D eigenvalue weighted by atomic mass is 9.97. The zero-order valence-electron chi connectivity index (χ0n) is 14.7. The van der Waals surface area contributed by atoms with Crippen molar-refractivity contribution in [1.29, 1.82) is 0 Å². The van der Waals surface area contributed by atoms with Gasteiger partial charge in [-0.3, -0.25) is 4.79 Å². The number of anilines is 2. The Labute approximate surface area is 161 Å². The van der Waals surface area contributed by atoms with E-state index in [4.69, 9.17) is 0 Å². The number of carbonyl (C=O) groups excluding carboxylic acids is 2. The van der Waals surface area contributed by atoms with Gasteiger partial charge in [0.15, 0.2) is 0 Å². The third-order valence-corrected chi connectivity index (χ3v) is 5.04. The molecule has 1 aliphatic heterocycles. The molecule has 1 fully saturated rings. The molecule has 2 N–H and O–H groups in total. The van der Waals surface area contributed by atoms with Crippen LogP contribution in [0.5, 0.6) is 0 Å². The second-order valence-electron chi connectivity index (χ2n) is 6.53. The summed E-state index contributed by atoms with van der Waals surface area (Å²) in [6.45, 7) is 3.06. The van der Waals surface area contributed by atoms with Gasteiger partial charge in [0, 0.05) is 28.9 Å². The number of hydrogen-bond acceptors (Lipinski definition) is 2. The molecule has 5 nitrogen and oxygen atoms in total. The van der Waals surface area contributed by atoms with Crippen molar-refractivity contribution >= 4 is 39.2 Å². The van der Waals surface area contributed by atoms with Crippen molar-refractivity contribution in [1.82, 2.24) is 4.90 Å². The average Bonchev–Trinajstić information content (AvgIpc) is 2.65. The largest absolute Gasteiger partial charge is 0.326 e. The van der Waals surface area contributed by atoms with Crippen LogP contribution in [0.1, 0.15) is 18.4 Å². The van der Waals surface area contributed by atoms with Crippen LogP contribution in [0.4, 0.5) is 16.2 Å². The number of aryl methyl sites for hydroxylation is 1. The Bertz CT molecular complexity index is 795. The molecule has 6 heteroatoms. The molecule has 1 atom stereocenters. The van der Waals surface area contributed by atoms with Crippen molar-refractivity contribution in [2.24, 2.45) is 5.92 Å². The van der Waals surface area contributed by atoms with Crippen LogP contribution in [0.15, 0.2) is 53.0 Å². The molecule has 0 bridgehead atoms. The van der Waals surface area contributed by atoms with Gasteiger partial charge in [-0.25, -0.2) is 4.79 Å². The Hall–Kier alpha value is -2.34. The fourth-order valence-electron chi connectivity index (χ4n) is 3.10. The molecule has 0 saturated carbocycles. The Morgan fingerprint density at radius 1 is 1.12 bits per heavy atom. The molecule has 0 aromatic heterocycles. The number of piperidine rings is 1. The Morgan fingerprint density at radius 3 is 2.62 bits per heavy atom. The van der Waals surface area contributed by atoms with Crippen molar-refractivity contribution < 1.29 is 9.59 Å². The Balaban J connectivity index is 1.60. The van der Waals surface area contributed by atoms with Crippen LogP contribution in [0.2, 0.25) is 0 Å². The highest BCUT2D eigenvalue weighted by atomic mass is 79.9. The smallest absolute Gasteiger partial charge is 0.321 e. The molecule has 2 aromatic carbocycles. The molecule has 1 aliphatic rings. The van der Waals surface area contributed by atoms with E-state index in [9.17, 15) is 9.59 Å². The molecule has 3 rings (SSSR count). The zero-order valence-corrected chi connectivity index (χ0v) is 16.3. The first-order valence-corrected chi connectivity index (χ1v) is 9.50. The molecular formula is C20H22BrN3O2. The number of nitrogens with one attached hydrogen (secondary N) is 2. The summed E-state index contributed by atoms with van der Waals surface area (Å²) < 4.78 is 0.981. The summed E-state index contributed by atoms with van der Waals surface area (Å²) in [7, 11) is 0. The normalized spacial score (nSPS) is 16.8. The predicted molar refractivity (Wildman–Crippen MR) is 107 cm³/mol. The van der Waals surface area contributed by atoms with Crippen LogP contribution >= 0.6 is 15.9 Å². The number of nitrogens with zero attached hydrogens (tertiary/aromatic N) is 1. The minimum atomic E-state index is -0.201. The Kier molecular flexibility index (Phi) is 5.93. The van der Waals surface area contributed by atoms with Gasteiger partial charge in [0.25, 0.3) is 0 Å². The molecule has 1 saturated heterocycles. The summed E-state index contributed by atoms with van der Waals surface area (Å²) >= 11 is 3.43. The van der Waals surface area contributed by atoms with E-state index >= 15 is 0 Å². The van der Waals surface area contributed by atoms with Gasteiger partial charge in [0.1, 0.15) is 0 Å². The maximum absolute atomic E-state index is 12.6. The molecule has 0 radical (unpaired) electrons. The first-order valence-electron chi connectivity index (χ1n) is 8.71. The quantitative estimate of drug-likeness (QED) is 0.766. The molecule has 136 valence electrons. The number of likely N-dealkylation sites (tertiary alicyclic amines) is 1. The lowest BCUT2D eigenvalue weighted by Gasteiger charge is -2.32. The number of hydrogen-bond donors (Lipinski definition) is 2. The van der Waals surface area contributed by atoms with Gasteiger partial charge in [-0.05, 0) is 55.7 Å². The Morgan fingerprint density at radius 2 is 1.88 bits per heavy atom. The van der Waals surface area contributed by atoms with Crippen molar-refractivity contribution in [3.05, 3.63) is 58.6 Å². The number of rotatable bonds is 3. The number of para-hydroxylation sites is 1. The van der Waals surface area contributed by atoms with Crippen LogP contribution in [0.3, 0.4) is 0 Å². The summed E-state index contributed by atoms with van der Waals surface area (Å²) in [5.41, 5.74) is 2.57. The molecule has 26 heavy (non-hydrogen) atoms. The van der Waals surface area contributed by atoms with E-state index in [-0.39, 0.29) is 17.9 Å². The fourth-order valence-corrected chi connectivity index (χ4v) is 3.58. The number of benzene rings is 2. The van der Waals surface area contributed by atoms with E-state index in [1.165, 1.54) is 0 Å². The third kappa shape index (κ3) is 4.64. The molecule has 0 unspecified atom stereocenters. The van der Waals surface area contributed by atoms with Crippen molar-refractivity contribution in [2.75, 3.05) is 23.7 Å². The zero-order chi connectivity index (χ0) is 18.5. The van der Waals surface area contributed by atoms with Gasteiger partial charge < -0.3 is 15.5 Å². The van der Waals surface area contributed by atoms with Crippen molar-refractivity contribution in [3.8, 4) is 0 Å². The maximum atomic E-state index is 12.6. The van der Waals surface area contributed by atoms with Crippen molar-refractivity contribution in [2.45, 2.75) is 19.8 Å². The second kappa shape index (κ2) is 8.36. The highest BCUT2D eigenvalue weighted by Gasteiger charge is 2.28. The summed E-state index contributed by atoms with van der Waals surface area (Å²) in [5.74, 6) is -0.235. The summed E-state index contributed by atoms with van der Waals surface area (Å²) in [6, 6.07) is 15.0. The molecule has 0 aliphatic carbocycles. The number of amides is 3. The van der Waals surface area contributed by atoms with Gasteiger partial charge in [-0.1, -0.05) is 34.1 Å². The molecule has 3 amide bonds. The van der Waals surface area contributed by atoms with Gasteiger partial charge >= 0.3 is 6.03 Å². The first-order chi connectivity index (χ1) is 12.5. The molecule has 1 heterocycles. The second-order valence-corrected chi connectivity index (χ2v) is 7.45. The van der Waals surface area contributed by atoms with Crippen LogP contribution in [0.25, 0.3) is 0 Å². The van der Waals surface area contributed by atoms with E-state index in [0.717, 1.165) is 34.3 Å². The fraction of sp³-hybridized carbons (Fsp3) is 0.300. The lowest BCUT2D eigenvalue weighted by Crippen LogP contribution is -2.45. The summed E-state index contributed by atoms with van der Waals surface area (Å²) in [4.78, 5) is 26.8. The first kappa shape index (κ1) is 18.5. The molecule has 0 spiro atoms. The summed E-state index contributed by atoms with van der Waals surface area (Å²) in [5, 5.41) is 5.88. The number of halogens is 1. The third-order valence-electron chi connectivity index (χ3n) is 4.55. The predicted octanol–water partition coefficient (Wildman–Crippen LogP) is 4.64. The monoisotopic (exact) mass is 415 g/mol. The standard InChI is InChI=1S/C20H22BrN3O2/c1-14-12-16(21)9-10-18(14)23-19(25)15-6-5-11-24(13-15)20(26)22-17-7-3-2-4-8-17/h2-4,7-10,12,15H,5-6,11,13H2,1H3,(H,22,26)(H,23,25)/t15-/m0/s1. The molecule has 2 aromatic rings. The average molecular weight is 416 g/mol. The highest BCUT2D eigenvalue weighted by molar-refractivity contribution is 9.10. The lowest BCUT2D eigenvalue weighted by molar-refractivity contribution is -0.121. The highest BCUT2D eigenvalue weighted by Crippen LogP contribution is 2.23. The van der Waals surface area contributed by atoms with E-state index < -0.39 is 0 Å². The van der Waals surface area contributed by atoms with Crippen LogP contribution in [-0.4, -0.2) is 29.9 Å². The van der Waals surface area contributed by atoms with Gasteiger partial charge in [0.05, 0.1) is 5.92 Å².